The molecule has 0 N–H and O–H groups in total. The molecule has 1 aromatic carbocycles. The summed E-state index contributed by atoms with van der Waals surface area (Å²) in [5.74, 6) is 0. The van der Waals surface area contributed by atoms with Crippen molar-refractivity contribution in [3.63, 3.8) is 0 Å². The van der Waals surface area contributed by atoms with E-state index in [1.54, 1.807) is 18.3 Å². The number of hydrogen-bond acceptors (Lipinski definition) is 2. The van der Waals surface area contributed by atoms with Gasteiger partial charge in [0.25, 0.3) is 10.0 Å². The van der Waals surface area contributed by atoms with Crippen molar-refractivity contribution in [3.05, 3.63) is 59.7 Å². The minimum absolute atomic E-state index is 0.162. The van der Waals surface area contributed by atoms with E-state index in [0.717, 1.165) is 5.39 Å². The lowest BCUT2D eigenvalue weighted by Crippen LogP contribution is -2.19. The molecule has 0 amide bonds. The zero-order chi connectivity index (χ0) is 14.4. The van der Waals surface area contributed by atoms with Crippen molar-refractivity contribution in [3.8, 4) is 0 Å². The molecule has 0 spiro atoms. The average Bonchev–Trinajstić information content (AvgIpc) is 2.82. The zero-order valence-corrected chi connectivity index (χ0v) is 13.4. The van der Waals surface area contributed by atoms with Crippen LogP contribution in [0, 0.1) is 0 Å². The number of fused-ring (bicyclic) bond motifs is 1. The molecule has 0 saturated heterocycles. The summed E-state index contributed by atoms with van der Waals surface area (Å²) >= 11 is 3.54. The third-order valence-electron chi connectivity index (χ3n) is 3.42. The Hall–Kier alpha value is -1.33. The number of rotatable bonds is 2. The number of para-hydroxylation sites is 1. The van der Waals surface area contributed by atoms with Crippen LogP contribution in [0.4, 0.5) is 0 Å². The summed E-state index contributed by atoms with van der Waals surface area (Å²) in [6.07, 6.45) is 7.57. The molecule has 0 aliphatic heterocycles. The highest BCUT2D eigenvalue weighted by atomic mass is 79.9. The van der Waals surface area contributed by atoms with Gasteiger partial charge in [-0.3, -0.25) is 0 Å². The maximum absolute atomic E-state index is 12.7. The number of alkyl halides is 1. The SMILES string of the molecule is CC1(Br)C=CC(S(=O)(=O)n2ccc3ccccc32)=CC1. The lowest BCUT2D eigenvalue weighted by Gasteiger charge is -2.21. The fraction of sp³-hybridized carbons (Fsp3) is 0.200. The summed E-state index contributed by atoms with van der Waals surface area (Å²) in [7, 11) is -3.53. The van der Waals surface area contributed by atoms with Crippen LogP contribution in [0.5, 0.6) is 0 Å². The smallest absolute Gasteiger partial charge is 0.241 e. The first-order chi connectivity index (χ1) is 9.40. The highest BCUT2D eigenvalue weighted by molar-refractivity contribution is 9.10. The summed E-state index contributed by atoms with van der Waals surface area (Å²) in [6.45, 7) is 2.01. The first-order valence-corrected chi connectivity index (χ1v) is 8.53. The largest absolute Gasteiger partial charge is 0.267 e. The van der Waals surface area contributed by atoms with Crippen LogP contribution in [0.1, 0.15) is 13.3 Å². The maximum atomic E-state index is 12.7. The molecule has 1 atom stereocenters. The van der Waals surface area contributed by atoms with E-state index in [4.69, 9.17) is 0 Å². The summed E-state index contributed by atoms with van der Waals surface area (Å²) in [5.41, 5.74) is 0.703. The molecule has 2 aromatic rings. The summed E-state index contributed by atoms with van der Waals surface area (Å²) in [5, 5.41) is 0.918. The molecule has 0 bridgehead atoms. The molecule has 104 valence electrons. The summed E-state index contributed by atoms with van der Waals surface area (Å²) in [6, 6.07) is 9.27. The van der Waals surface area contributed by atoms with Gasteiger partial charge in [0.1, 0.15) is 0 Å². The van der Waals surface area contributed by atoms with E-state index in [0.29, 0.717) is 16.8 Å². The van der Waals surface area contributed by atoms with Gasteiger partial charge in [-0.05, 0) is 31.6 Å². The Bertz CT molecular complexity index is 828. The standard InChI is InChI=1S/C15H14BrNO2S/c1-15(16)9-6-13(7-10-15)20(18,19)17-11-8-12-4-2-3-5-14(12)17/h2-9,11H,10H2,1H3. The summed E-state index contributed by atoms with van der Waals surface area (Å²) in [4.78, 5) is 0.343. The average molecular weight is 352 g/mol. The van der Waals surface area contributed by atoms with Gasteiger partial charge in [0.2, 0.25) is 0 Å². The number of aromatic nitrogens is 1. The Morgan fingerprint density at radius 3 is 2.70 bits per heavy atom. The van der Waals surface area contributed by atoms with Gasteiger partial charge >= 0.3 is 0 Å². The Balaban J connectivity index is 2.10. The second kappa shape index (κ2) is 4.60. The molecule has 1 unspecified atom stereocenters. The van der Waals surface area contributed by atoms with Gasteiger partial charge < -0.3 is 0 Å². The molecule has 1 heterocycles. The molecule has 0 fully saturated rings. The van der Waals surface area contributed by atoms with Gasteiger partial charge in [-0.15, -0.1) is 0 Å². The number of allylic oxidation sites excluding steroid dienone is 3. The zero-order valence-electron chi connectivity index (χ0n) is 11.0. The van der Waals surface area contributed by atoms with Crippen LogP contribution in [0.15, 0.2) is 59.7 Å². The van der Waals surface area contributed by atoms with Crippen LogP contribution in [-0.4, -0.2) is 16.7 Å². The maximum Gasteiger partial charge on any atom is 0.267 e. The molecule has 0 radical (unpaired) electrons. The van der Waals surface area contributed by atoms with Crippen LogP contribution < -0.4 is 0 Å². The predicted molar refractivity (Wildman–Crippen MR) is 85.4 cm³/mol. The van der Waals surface area contributed by atoms with Crippen LogP contribution >= 0.6 is 15.9 Å². The lowest BCUT2D eigenvalue weighted by atomic mass is 10.0. The minimum atomic E-state index is -3.53. The fourth-order valence-corrected chi connectivity index (χ4v) is 3.97. The molecular formula is C15H14BrNO2S. The molecule has 1 aromatic heterocycles. The predicted octanol–water partition coefficient (Wildman–Crippen LogP) is 3.82. The van der Waals surface area contributed by atoms with Crippen molar-refractivity contribution in [2.45, 2.75) is 17.7 Å². The number of benzene rings is 1. The minimum Gasteiger partial charge on any atom is -0.241 e. The number of nitrogens with zero attached hydrogens (tertiary/aromatic N) is 1. The Morgan fingerprint density at radius 2 is 2.00 bits per heavy atom. The first-order valence-electron chi connectivity index (χ1n) is 6.30. The van der Waals surface area contributed by atoms with E-state index in [2.05, 4.69) is 15.9 Å². The van der Waals surface area contributed by atoms with E-state index in [-0.39, 0.29) is 4.32 Å². The third kappa shape index (κ3) is 2.25. The van der Waals surface area contributed by atoms with Gasteiger partial charge in [0, 0.05) is 15.9 Å². The van der Waals surface area contributed by atoms with Crippen LogP contribution in [0.25, 0.3) is 10.9 Å². The molecule has 20 heavy (non-hydrogen) atoms. The van der Waals surface area contributed by atoms with Crippen molar-refractivity contribution < 1.29 is 8.42 Å². The van der Waals surface area contributed by atoms with Crippen LogP contribution in [-0.2, 0) is 10.0 Å². The molecule has 3 nitrogen and oxygen atoms in total. The first kappa shape index (κ1) is 13.6. The van der Waals surface area contributed by atoms with Gasteiger partial charge in [0.15, 0.2) is 0 Å². The second-order valence-corrected chi connectivity index (χ2v) is 8.72. The van der Waals surface area contributed by atoms with Gasteiger partial charge in [-0.2, -0.15) is 0 Å². The molecule has 5 heteroatoms. The molecular weight excluding hydrogens is 338 g/mol. The van der Waals surface area contributed by atoms with Gasteiger partial charge in [-0.1, -0.05) is 46.3 Å². The molecule has 0 saturated carbocycles. The van der Waals surface area contributed by atoms with Gasteiger partial charge in [0.05, 0.1) is 10.4 Å². The quantitative estimate of drug-likeness (QED) is 0.771. The topological polar surface area (TPSA) is 39.1 Å². The molecule has 3 rings (SSSR count). The van der Waals surface area contributed by atoms with E-state index in [9.17, 15) is 8.42 Å². The van der Waals surface area contributed by atoms with Gasteiger partial charge in [-0.25, -0.2) is 12.4 Å². The highest BCUT2D eigenvalue weighted by Crippen LogP contribution is 2.32. The summed E-state index contributed by atoms with van der Waals surface area (Å²) < 4.78 is 26.6. The number of hydrogen-bond donors (Lipinski definition) is 0. The third-order valence-corrected chi connectivity index (χ3v) is 5.74. The van der Waals surface area contributed by atoms with Crippen molar-refractivity contribution in [2.75, 3.05) is 0 Å². The van der Waals surface area contributed by atoms with Crippen molar-refractivity contribution in [2.24, 2.45) is 0 Å². The monoisotopic (exact) mass is 351 g/mol. The fourth-order valence-electron chi connectivity index (χ4n) is 2.26. The van der Waals surface area contributed by atoms with Crippen LogP contribution in [0.3, 0.4) is 0 Å². The van der Waals surface area contributed by atoms with Crippen LogP contribution in [0.2, 0.25) is 0 Å². The van der Waals surface area contributed by atoms with Crippen molar-refractivity contribution >= 4 is 36.9 Å². The van der Waals surface area contributed by atoms with Crippen molar-refractivity contribution in [1.29, 1.82) is 0 Å². The van der Waals surface area contributed by atoms with Crippen molar-refractivity contribution in [1.82, 2.24) is 3.97 Å². The number of halogens is 1. The highest BCUT2D eigenvalue weighted by Gasteiger charge is 2.25. The lowest BCUT2D eigenvalue weighted by molar-refractivity contribution is 0.595. The van der Waals surface area contributed by atoms with E-state index < -0.39 is 10.0 Å². The Kier molecular flexibility index (Phi) is 3.14. The van der Waals surface area contributed by atoms with E-state index >= 15 is 0 Å². The van der Waals surface area contributed by atoms with E-state index in [1.807, 2.05) is 43.3 Å². The Morgan fingerprint density at radius 1 is 1.25 bits per heavy atom. The molecule has 1 aliphatic carbocycles. The second-order valence-electron chi connectivity index (χ2n) is 5.10. The Labute approximate surface area is 126 Å². The van der Waals surface area contributed by atoms with E-state index in [1.165, 1.54) is 3.97 Å². The molecule has 1 aliphatic rings. The normalized spacial score (nSPS) is 23.0.